The van der Waals surface area contributed by atoms with E-state index in [1.165, 1.54) is 13.8 Å². The smallest absolute Gasteiger partial charge is 0.255 e. The Hall–Kier alpha value is -3.15. The molecule has 6 nitrogen and oxygen atoms in total. The number of hydrogen-bond acceptors (Lipinski definition) is 3. The Morgan fingerprint density at radius 1 is 0.792 bits per heavy atom. The Morgan fingerprint density at radius 3 is 2.00 bits per heavy atom. The summed E-state index contributed by atoms with van der Waals surface area (Å²) in [6, 6.07) is 11.9. The molecule has 0 fully saturated rings. The van der Waals surface area contributed by atoms with Crippen molar-refractivity contribution >= 4 is 34.8 Å². The highest BCUT2D eigenvalue weighted by Gasteiger charge is 2.11. The third kappa shape index (κ3) is 4.42. The average molecular weight is 325 g/mol. The maximum Gasteiger partial charge on any atom is 0.255 e. The first kappa shape index (κ1) is 17.2. The van der Waals surface area contributed by atoms with Crippen LogP contribution in [0.2, 0.25) is 0 Å². The van der Waals surface area contributed by atoms with E-state index in [0.717, 1.165) is 5.56 Å². The summed E-state index contributed by atoms with van der Waals surface area (Å²) in [7, 11) is 0. The molecule has 124 valence electrons. The van der Waals surface area contributed by atoms with Crippen molar-refractivity contribution in [2.75, 3.05) is 16.0 Å². The van der Waals surface area contributed by atoms with Gasteiger partial charge in [-0.05, 0) is 42.8 Å². The Balaban J connectivity index is 2.21. The summed E-state index contributed by atoms with van der Waals surface area (Å²) >= 11 is 0. The molecule has 0 unspecified atom stereocenters. The van der Waals surface area contributed by atoms with E-state index in [-0.39, 0.29) is 17.7 Å². The lowest BCUT2D eigenvalue weighted by Crippen LogP contribution is -2.15. The van der Waals surface area contributed by atoms with Gasteiger partial charge in [0.05, 0.1) is 0 Å². The van der Waals surface area contributed by atoms with Gasteiger partial charge in [-0.1, -0.05) is 12.1 Å². The second kappa shape index (κ2) is 7.41. The van der Waals surface area contributed by atoms with Gasteiger partial charge in [-0.15, -0.1) is 0 Å². The number of rotatable bonds is 4. The molecule has 0 aromatic heterocycles. The highest BCUT2D eigenvalue weighted by molar-refractivity contribution is 6.06. The van der Waals surface area contributed by atoms with Crippen molar-refractivity contribution in [3.63, 3.8) is 0 Å². The first-order valence-corrected chi connectivity index (χ1v) is 7.43. The molecule has 0 saturated carbocycles. The van der Waals surface area contributed by atoms with Crippen LogP contribution in [0.4, 0.5) is 17.1 Å². The van der Waals surface area contributed by atoms with Crippen LogP contribution in [0.3, 0.4) is 0 Å². The molecular formula is C18H19N3O3. The van der Waals surface area contributed by atoms with E-state index >= 15 is 0 Å². The minimum absolute atomic E-state index is 0.176. The maximum absolute atomic E-state index is 12.4. The van der Waals surface area contributed by atoms with E-state index < -0.39 is 0 Å². The molecule has 3 N–H and O–H groups in total. The molecule has 0 atom stereocenters. The van der Waals surface area contributed by atoms with E-state index in [2.05, 4.69) is 16.0 Å². The predicted octanol–water partition coefficient (Wildman–Crippen LogP) is 3.16. The van der Waals surface area contributed by atoms with E-state index in [0.29, 0.717) is 22.6 Å². The topological polar surface area (TPSA) is 87.3 Å². The molecule has 2 aromatic rings. The number of benzene rings is 2. The second-order valence-electron chi connectivity index (χ2n) is 5.38. The molecule has 3 amide bonds. The van der Waals surface area contributed by atoms with Crippen LogP contribution >= 0.6 is 0 Å². The SMILES string of the molecule is CC(=O)Nc1cccc(C(=O)Nc2cccc(NC(C)=O)c2C)c1. The monoisotopic (exact) mass is 325 g/mol. The minimum Gasteiger partial charge on any atom is -0.326 e. The van der Waals surface area contributed by atoms with Gasteiger partial charge in [-0.3, -0.25) is 14.4 Å². The molecule has 0 bridgehead atoms. The molecule has 0 radical (unpaired) electrons. The van der Waals surface area contributed by atoms with Crippen molar-refractivity contribution < 1.29 is 14.4 Å². The molecule has 0 saturated heterocycles. The van der Waals surface area contributed by atoms with Crippen molar-refractivity contribution in [1.82, 2.24) is 0 Å². The van der Waals surface area contributed by atoms with Crippen LogP contribution in [-0.2, 0) is 9.59 Å². The number of carbonyl (C=O) groups is 3. The lowest BCUT2D eigenvalue weighted by atomic mass is 10.1. The Kier molecular flexibility index (Phi) is 5.31. The molecule has 2 rings (SSSR count). The van der Waals surface area contributed by atoms with Crippen LogP contribution in [0.5, 0.6) is 0 Å². The minimum atomic E-state index is -0.301. The molecule has 2 aromatic carbocycles. The standard InChI is InChI=1S/C18H19N3O3/c1-11-16(20-13(3)23)8-5-9-17(11)21-18(24)14-6-4-7-15(10-14)19-12(2)22/h4-10H,1-3H3,(H,19,22)(H,20,23)(H,21,24). The molecule has 0 aliphatic carbocycles. The van der Waals surface area contributed by atoms with Crippen molar-refractivity contribution in [3.8, 4) is 0 Å². The third-order valence-corrected chi connectivity index (χ3v) is 3.34. The predicted molar refractivity (Wildman–Crippen MR) is 94.2 cm³/mol. The van der Waals surface area contributed by atoms with E-state index in [1.54, 1.807) is 42.5 Å². The molecular weight excluding hydrogens is 306 g/mol. The lowest BCUT2D eigenvalue weighted by Gasteiger charge is -2.13. The fourth-order valence-corrected chi connectivity index (χ4v) is 2.23. The van der Waals surface area contributed by atoms with Crippen LogP contribution in [-0.4, -0.2) is 17.7 Å². The average Bonchev–Trinajstić information content (AvgIpc) is 2.50. The Labute approximate surface area is 140 Å². The molecule has 24 heavy (non-hydrogen) atoms. The van der Waals surface area contributed by atoms with Crippen LogP contribution in [0.25, 0.3) is 0 Å². The van der Waals surface area contributed by atoms with E-state index in [9.17, 15) is 14.4 Å². The number of hydrogen-bond donors (Lipinski definition) is 3. The van der Waals surface area contributed by atoms with Gasteiger partial charge in [0, 0.05) is 36.5 Å². The van der Waals surface area contributed by atoms with E-state index in [1.807, 2.05) is 6.92 Å². The zero-order chi connectivity index (χ0) is 17.7. The van der Waals surface area contributed by atoms with E-state index in [4.69, 9.17) is 0 Å². The van der Waals surface area contributed by atoms with Gasteiger partial charge in [0.25, 0.3) is 5.91 Å². The van der Waals surface area contributed by atoms with Crippen LogP contribution in [0.1, 0.15) is 29.8 Å². The first-order chi connectivity index (χ1) is 11.4. The van der Waals surface area contributed by atoms with Crippen LogP contribution in [0.15, 0.2) is 42.5 Å². The molecule has 0 heterocycles. The summed E-state index contributed by atoms with van der Waals surface area (Å²) in [6.45, 7) is 4.65. The number of amides is 3. The quantitative estimate of drug-likeness (QED) is 0.807. The highest BCUT2D eigenvalue weighted by atomic mass is 16.2. The zero-order valence-electron chi connectivity index (χ0n) is 13.8. The lowest BCUT2D eigenvalue weighted by molar-refractivity contribution is -0.115. The summed E-state index contributed by atoms with van der Waals surface area (Å²) in [5.74, 6) is -0.679. The third-order valence-electron chi connectivity index (χ3n) is 3.34. The summed E-state index contributed by atoms with van der Waals surface area (Å²) < 4.78 is 0. The van der Waals surface area contributed by atoms with Gasteiger partial charge >= 0.3 is 0 Å². The molecule has 6 heteroatoms. The van der Waals surface area contributed by atoms with Gasteiger partial charge < -0.3 is 16.0 Å². The molecule has 0 spiro atoms. The highest BCUT2D eigenvalue weighted by Crippen LogP contribution is 2.24. The molecule has 0 aliphatic heterocycles. The number of anilines is 3. The van der Waals surface area contributed by atoms with Gasteiger partial charge in [0.2, 0.25) is 11.8 Å². The second-order valence-corrected chi connectivity index (χ2v) is 5.38. The van der Waals surface area contributed by atoms with Crippen LogP contribution in [0, 0.1) is 6.92 Å². The summed E-state index contributed by atoms with van der Waals surface area (Å²) in [6.07, 6.45) is 0. The fraction of sp³-hybridized carbons (Fsp3) is 0.167. The van der Waals surface area contributed by atoms with Gasteiger partial charge in [0.15, 0.2) is 0 Å². The zero-order valence-corrected chi connectivity index (χ0v) is 13.8. The molecule has 0 aliphatic rings. The van der Waals surface area contributed by atoms with Gasteiger partial charge in [-0.25, -0.2) is 0 Å². The van der Waals surface area contributed by atoms with Crippen molar-refractivity contribution in [2.24, 2.45) is 0 Å². The van der Waals surface area contributed by atoms with Gasteiger partial charge in [-0.2, -0.15) is 0 Å². The summed E-state index contributed by atoms with van der Waals surface area (Å²) in [5.41, 5.74) is 2.99. The first-order valence-electron chi connectivity index (χ1n) is 7.43. The Morgan fingerprint density at radius 2 is 1.38 bits per heavy atom. The number of carbonyl (C=O) groups excluding carboxylic acids is 3. The Bertz CT molecular complexity index is 800. The summed E-state index contributed by atoms with van der Waals surface area (Å²) in [4.78, 5) is 34.7. The van der Waals surface area contributed by atoms with Crippen molar-refractivity contribution in [3.05, 3.63) is 53.6 Å². The van der Waals surface area contributed by atoms with Gasteiger partial charge in [0.1, 0.15) is 0 Å². The normalized spacial score (nSPS) is 9.96. The van der Waals surface area contributed by atoms with Crippen LogP contribution < -0.4 is 16.0 Å². The fourth-order valence-electron chi connectivity index (χ4n) is 2.23. The van der Waals surface area contributed by atoms with Crippen molar-refractivity contribution in [1.29, 1.82) is 0 Å². The van der Waals surface area contributed by atoms with Crippen molar-refractivity contribution in [2.45, 2.75) is 20.8 Å². The summed E-state index contributed by atoms with van der Waals surface area (Å²) in [5, 5.41) is 8.18. The number of nitrogens with one attached hydrogen (secondary N) is 3. The maximum atomic E-state index is 12.4. The largest absolute Gasteiger partial charge is 0.326 e.